The number of hydrogen-bond acceptors (Lipinski definition) is 4. The zero-order chi connectivity index (χ0) is 24.9. The van der Waals surface area contributed by atoms with Crippen LogP contribution in [0.5, 0.6) is 5.75 Å². The number of amides is 2. The van der Waals surface area contributed by atoms with Gasteiger partial charge in [0.05, 0.1) is 23.6 Å². The molecule has 0 radical (unpaired) electrons. The third-order valence-electron chi connectivity index (χ3n) is 5.61. The molecule has 0 aliphatic heterocycles. The Morgan fingerprint density at radius 1 is 0.886 bits per heavy atom. The summed E-state index contributed by atoms with van der Waals surface area (Å²) < 4.78 is 8.72. The predicted octanol–water partition coefficient (Wildman–Crippen LogP) is 4.39. The summed E-state index contributed by atoms with van der Waals surface area (Å²) in [5.41, 5.74) is 2.31. The van der Waals surface area contributed by atoms with E-state index in [1.54, 1.807) is 67.2 Å². The number of rotatable bonds is 7. The summed E-state index contributed by atoms with van der Waals surface area (Å²) in [5.74, 6) is -0.325. The second kappa shape index (κ2) is 10.1. The van der Waals surface area contributed by atoms with Crippen molar-refractivity contribution in [2.24, 2.45) is 7.05 Å². The van der Waals surface area contributed by atoms with E-state index in [0.29, 0.717) is 40.6 Å². The van der Waals surface area contributed by atoms with Crippen molar-refractivity contribution in [1.29, 1.82) is 0 Å². The van der Waals surface area contributed by atoms with Crippen molar-refractivity contribution in [2.45, 2.75) is 13.8 Å². The number of nitrogens with one attached hydrogen (secondary N) is 2. The molecule has 2 amide bonds. The zero-order valence-corrected chi connectivity index (χ0v) is 19.7. The normalized spacial score (nSPS) is 10.6. The standard InChI is InChI=1S/C27H26N4O4/c1-4-35-23-16-9-8-15-22(23)26(33)28-20-12-10-11-19(17-20)25(32)29-24-18(2)30(3)31(27(24)34)21-13-6-5-7-14-21/h5-17H,4H2,1-3H3,(H,28,33)(H,29,32). The Bertz CT molecular complexity index is 1440. The molecule has 0 bridgehead atoms. The smallest absolute Gasteiger partial charge is 0.295 e. The van der Waals surface area contributed by atoms with Gasteiger partial charge in [0.1, 0.15) is 11.4 Å². The average Bonchev–Trinajstić information content (AvgIpc) is 3.08. The summed E-state index contributed by atoms with van der Waals surface area (Å²) in [4.78, 5) is 38.9. The molecule has 178 valence electrons. The number of benzene rings is 3. The first-order valence-electron chi connectivity index (χ1n) is 11.2. The summed E-state index contributed by atoms with van der Waals surface area (Å²) in [6, 6.07) is 22.7. The molecule has 1 aromatic heterocycles. The molecule has 35 heavy (non-hydrogen) atoms. The highest BCUT2D eigenvalue weighted by Gasteiger charge is 2.19. The van der Waals surface area contributed by atoms with Gasteiger partial charge in [-0.2, -0.15) is 0 Å². The van der Waals surface area contributed by atoms with Crippen LogP contribution in [-0.2, 0) is 7.05 Å². The van der Waals surface area contributed by atoms with Crippen molar-refractivity contribution in [3.63, 3.8) is 0 Å². The lowest BCUT2D eigenvalue weighted by Gasteiger charge is -2.11. The molecule has 0 saturated carbocycles. The van der Waals surface area contributed by atoms with E-state index in [4.69, 9.17) is 4.74 Å². The maximum absolute atomic E-state index is 13.1. The van der Waals surface area contributed by atoms with Crippen LogP contribution in [0.3, 0.4) is 0 Å². The summed E-state index contributed by atoms with van der Waals surface area (Å²) in [5, 5.41) is 5.54. The topological polar surface area (TPSA) is 94.4 Å². The van der Waals surface area contributed by atoms with Gasteiger partial charge in [0.25, 0.3) is 17.4 Å². The third kappa shape index (κ3) is 4.86. The quantitative estimate of drug-likeness (QED) is 0.419. The Morgan fingerprint density at radius 2 is 1.60 bits per heavy atom. The first kappa shape index (κ1) is 23.6. The van der Waals surface area contributed by atoms with Gasteiger partial charge in [-0.05, 0) is 56.3 Å². The molecule has 2 N–H and O–H groups in total. The van der Waals surface area contributed by atoms with Crippen LogP contribution < -0.4 is 20.9 Å². The van der Waals surface area contributed by atoms with Gasteiger partial charge in [0, 0.05) is 18.3 Å². The van der Waals surface area contributed by atoms with Crippen LogP contribution >= 0.6 is 0 Å². The van der Waals surface area contributed by atoms with E-state index in [9.17, 15) is 14.4 Å². The van der Waals surface area contributed by atoms with Gasteiger partial charge >= 0.3 is 0 Å². The van der Waals surface area contributed by atoms with E-state index < -0.39 is 5.91 Å². The molecule has 8 nitrogen and oxygen atoms in total. The third-order valence-corrected chi connectivity index (χ3v) is 5.61. The van der Waals surface area contributed by atoms with Crippen LogP contribution in [0.2, 0.25) is 0 Å². The van der Waals surface area contributed by atoms with Crippen molar-refractivity contribution in [1.82, 2.24) is 9.36 Å². The molecule has 3 aromatic carbocycles. The Labute approximate surface area is 202 Å². The number of hydrogen-bond donors (Lipinski definition) is 2. The van der Waals surface area contributed by atoms with Crippen molar-refractivity contribution in [2.75, 3.05) is 17.2 Å². The lowest BCUT2D eigenvalue weighted by molar-refractivity contribution is 0.101. The lowest BCUT2D eigenvalue weighted by Crippen LogP contribution is -2.23. The Balaban J connectivity index is 1.56. The van der Waals surface area contributed by atoms with Crippen molar-refractivity contribution < 1.29 is 14.3 Å². The van der Waals surface area contributed by atoms with Gasteiger partial charge in [-0.15, -0.1) is 0 Å². The molecule has 8 heteroatoms. The fourth-order valence-electron chi connectivity index (χ4n) is 3.77. The molecule has 0 saturated heterocycles. The number of carbonyl (C=O) groups is 2. The summed E-state index contributed by atoms with van der Waals surface area (Å²) in [6.45, 7) is 4.05. The molecule has 4 rings (SSSR count). The van der Waals surface area contributed by atoms with E-state index in [1.807, 2.05) is 37.3 Å². The fourth-order valence-corrected chi connectivity index (χ4v) is 3.77. The number of aromatic nitrogens is 2. The summed E-state index contributed by atoms with van der Waals surface area (Å²) in [7, 11) is 1.76. The molecule has 0 spiro atoms. The van der Waals surface area contributed by atoms with Gasteiger partial charge in [0.15, 0.2) is 0 Å². The fraction of sp³-hybridized carbons (Fsp3) is 0.148. The van der Waals surface area contributed by atoms with Crippen LogP contribution in [0, 0.1) is 6.92 Å². The molecule has 0 aliphatic carbocycles. The number of para-hydroxylation sites is 2. The van der Waals surface area contributed by atoms with Crippen LogP contribution in [-0.4, -0.2) is 27.8 Å². The van der Waals surface area contributed by atoms with Crippen LogP contribution in [0.15, 0.2) is 83.7 Å². The molecular weight excluding hydrogens is 444 g/mol. The van der Waals surface area contributed by atoms with Crippen LogP contribution in [0.4, 0.5) is 11.4 Å². The van der Waals surface area contributed by atoms with Gasteiger partial charge in [-0.3, -0.25) is 19.1 Å². The number of ether oxygens (including phenoxy) is 1. The summed E-state index contributed by atoms with van der Waals surface area (Å²) in [6.07, 6.45) is 0. The average molecular weight is 471 g/mol. The molecule has 0 aliphatic rings. The zero-order valence-electron chi connectivity index (χ0n) is 19.7. The molecule has 4 aromatic rings. The number of carbonyl (C=O) groups excluding carboxylic acids is 2. The van der Waals surface area contributed by atoms with Gasteiger partial charge in [-0.1, -0.05) is 36.4 Å². The SMILES string of the molecule is CCOc1ccccc1C(=O)Nc1cccc(C(=O)Nc2c(C)n(C)n(-c3ccccc3)c2=O)c1. The van der Waals surface area contributed by atoms with E-state index in [1.165, 1.54) is 4.68 Å². The maximum Gasteiger partial charge on any atom is 0.295 e. The Hall–Kier alpha value is -4.59. The van der Waals surface area contributed by atoms with E-state index in [0.717, 1.165) is 0 Å². The second-order valence-electron chi connectivity index (χ2n) is 7.85. The van der Waals surface area contributed by atoms with Gasteiger partial charge in [-0.25, -0.2) is 4.68 Å². The van der Waals surface area contributed by atoms with E-state index >= 15 is 0 Å². The first-order valence-corrected chi connectivity index (χ1v) is 11.2. The Kier molecular flexibility index (Phi) is 6.82. The highest BCUT2D eigenvalue weighted by Crippen LogP contribution is 2.21. The largest absolute Gasteiger partial charge is 0.493 e. The number of anilines is 2. The van der Waals surface area contributed by atoms with Crippen molar-refractivity contribution >= 4 is 23.2 Å². The van der Waals surface area contributed by atoms with E-state index in [2.05, 4.69) is 10.6 Å². The highest BCUT2D eigenvalue weighted by molar-refractivity contribution is 6.08. The predicted molar refractivity (Wildman–Crippen MR) is 136 cm³/mol. The van der Waals surface area contributed by atoms with Crippen LogP contribution in [0.1, 0.15) is 33.3 Å². The highest BCUT2D eigenvalue weighted by atomic mass is 16.5. The second-order valence-corrected chi connectivity index (χ2v) is 7.85. The molecule has 0 unspecified atom stereocenters. The molecule has 0 fully saturated rings. The first-order chi connectivity index (χ1) is 16.9. The van der Waals surface area contributed by atoms with Crippen LogP contribution in [0.25, 0.3) is 5.69 Å². The monoisotopic (exact) mass is 470 g/mol. The Morgan fingerprint density at radius 3 is 2.34 bits per heavy atom. The minimum atomic E-state index is -0.457. The minimum Gasteiger partial charge on any atom is -0.493 e. The molecular formula is C27H26N4O4. The number of nitrogens with zero attached hydrogens (tertiary/aromatic N) is 2. The van der Waals surface area contributed by atoms with E-state index in [-0.39, 0.29) is 17.2 Å². The maximum atomic E-state index is 13.1. The molecule has 1 heterocycles. The van der Waals surface area contributed by atoms with Gasteiger partial charge < -0.3 is 15.4 Å². The van der Waals surface area contributed by atoms with Crippen molar-refractivity contribution in [3.8, 4) is 11.4 Å². The van der Waals surface area contributed by atoms with Gasteiger partial charge in [0.2, 0.25) is 0 Å². The lowest BCUT2D eigenvalue weighted by atomic mass is 10.1. The minimum absolute atomic E-state index is 0.196. The summed E-state index contributed by atoms with van der Waals surface area (Å²) >= 11 is 0. The molecule has 0 atom stereocenters. The van der Waals surface area contributed by atoms with Crippen molar-refractivity contribution in [3.05, 3.63) is 106 Å².